The summed E-state index contributed by atoms with van der Waals surface area (Å²) in [6.45, 7) is 0.757. The van der Waals surface area contributed by atoms with E-state index in [0.29, 0.717) is 11.4 Å². The maximum absolute atomic E-state index is 12.5. The molecule has 0 saturated carbocycles. The van der Waals surface area contributed by atoms with E-state index in [1.165, 1.54) is 24.0 Å². The second kappa shape index (κ2) is 8.22. The third-order valence-electron chi connectivity index (χ3n) is 3.89. The number of rotatable bonds is 5. The van der Waals surface area contributed by atoms with Gasteiger partial charge in [0.1, 0.15) is 18.8 Å². The van der Waals surface area contributed by atoms with Crippen LogP contribution < -0.4 is 15.0 Å². The third-order valence-corrected chi connectivity index (χ3v) is 4.42. The topological polar surface area (TPSA) is 96.0 Å². The van der Waals surface area contributed by atoms with Crippen molar-refractivity contribution in [2.24, 2.45) is 0 Å². The van der Waals surface area contributed by atoms with Gasteiger partial charge in [0.2, 0.25) is 5.91 Å². The molecule has 1 N–H and O–H groups in total. The normalized spacial score (nSPS) is 13.6. The number of hydrogen-bond acceptors (Lipinski definition) is 5. The number of nitrogens with zero attached hydrogens (tertiary/aromatic N) is 2. The van der Waals surface area contributed by atoms with Crippen LogP contribution in [0.4, 0.5) is 16.2 Å². The number of carbonyl (C=O) groups is 4. The highest BCUT2D eigenvalue weighted by molar-refractivity contribution is 9.10. The number of nitrogens with one attached hydrogen (secondary N) is 1. The predicted octanol–water partition coefficient (Wildman–Crippen LogP) is 2.78. The van der Waals surface area contributed by atoms with E-state index in [-0.39, 0.29) is 18.2 Å². The number of benzene rings is 2. The molecule has 2 aromatic carbocycles. The van der Waals surface area contributed by atoms with Gasteiger partial charge in [-0.05, 0) is 48.5 Å². The molecule has 2 aromatic rings. The predicted molar refractivity (Wildman–Crippen MR) is 105 cm³/mol. The van der Waals surface area contributed by atoms with Crippen LogP contribution in [0, 0.1) is 0 Å². The minimum atomic E-state index is -0.744. The van der Waals surface area contributed by atoms with E-state index in [9.17, 15) is 19.2 Å². The average molecular weight is 446 g/mol. The number of hydrogen-bond donors (Lipinski definition) is 1. The van der Waals surface area contributed by atoms with Crippen molar-refractivity contribution in [1.29, 1.82) is 0 Å². The highest BCUT2D eigenvalue weighted by Crippen LogP contribution is 2.23. The monoisotopic (exact) mass is 445 g/mol. The molecule has 0 radical (unpaired) electrons. The Morgan fingerprint density at radius 2 is 1.71 bits per heavy atom. The van der Waals surface area contributed by atoms with Crippen molar-refractivity contribution in [3.8, 4) is 5.75 Å². The standard InChI is InChI=1S/C19H16BrN3O5/c1-12(24)21-14-4-8-16(9-5-14)28-18(26)11-23-17(25)10-22(19(23)27)15-6-2-13(20)3-7-15/h2-9H,10-11H2,1H3,(H,21,24). The van der Waals surface area contributed by atoms with Gasteiger partial charge in [-0.1, -0.05) is 15.9 Å². The molecule has 3 rings (SSSR count). The minimum absolute atomic E-state index is 0.140. The molecule has 1 saturated heterocycles. The molecule has 0 aliphatic carbocycles. The van der Waals surface area contributed by atoms with Crippen LogP contribution in [0.2, 0.25) is 0 Å². The summed E-state index contributed by atoms with van der Waals surface area (Å²) in [5, 5.41) is 2.59. The van der Waals surface area contributed by atoms with Gasteiger partial charge in [0, 0.05) is 22.8 Å². The van der Waals surface area contributed by atoms with E-state index < -0.39 is 24.5 Å². The first-order chi connectivity index (χ1) is 13.3. The summed E-state index contributed by atoms with van der Waals surface area (Å²) in [7, 11) is 0. The van der Waals surface area contributed by atoms with Gasteiger partial charge in [-0.3, -0.25) is 19.4 Å². The number of anilines is 2. The Hall–Kier alpha value is -3.20. The fourth-order valence-corrected chi connectivity index (χ4v) is 2.89. The van der Waals surface area contributed by atoms with Crippen LogP contribution in [-0.2, 0) is 14.4 Å². The van der Waals surface area contributed by atoms with Gasteiger partial charge >= 0.3 is 12.0 Å². The zero-order chi connectivity index (χ0) is 20.3. The average Bonchev–Trinajstić information content (AvgIpc) is 2.92. The van der Waals surface area contributed by atoms with E-state index in [4.69, 9.17) is 4.74 Å². The minimum Gasteiger partial charge on any atom is -0.425 e. The second-order valence-electron chi connectivity index (χ2n) is 6.00. The van der Waals surface area contributed by atoms with Gasteiger partial charge in [0.25, 0.3) is 5.91 Å². The highest BCUT2D eigenvalue weighted by Gasteiger charge is 2.38. The van der Waals surface area contributed by atoms with Gasteiger partial charge in [-0.15, -0.1) is 0 Å². The number of urea groups is 1. The van der Waals surface area contributed by atoms with Gasteiger partial charge in [-0.25, -0.2) is 9.59 Å². The molecular formula is C19H16BrN3O5. The van der Waals surface area contributed by atoms with Crippen molar-refractivity contribution in [3.05, 3.63) is 53.0 Å². The molecule has 0 aromatic heterocycles. The summed E-state index contributed by atoms with van der Waals surface area (Å²) in [5.74, 6) is -1.20. The first kappa shape index (κ1) is 19.6. The summed E-state index contributed by atoms with van der Waals surface area (Å²) in [4.78, 5) is 50.0. The lowest BCUT2D eigenvalue weighted by molar-refractivity contribution is -0.139. The Morgan fingerprint density at radius 1 is 1.07 bits per heavy atom. The largest absolute Gasteiger partial charge is 0.425 e. The Bertz CT molecular complexity index is 928. The number of carbonyl (C=O) groups excluding carboxylic acids is 4. The molecule has 4 amide bonds. The molecular weight excluding hydrogens is 430 g/mol. The van der Waals surface area contributed by atoms with Crippen molar-refractivity contribution in [2.45, 2.75) is 6.92 Å². The Morgan fingerprint density at radius 3 is 2.32 bits per heavy atom. The smallest absolute Gasteiger partial charge is 0.332 e. The summed E-state index contributed by atoms with van der Waals surface area (Å²) in [6, 6.07) is 12.5. The lowest BCUT2D eigenvalue weighted by Gasteiger charge is -2.16. The fourth-order valence-electron chi connectivity index (χ4n) is 2.62. The second-order valence-corrected chi connectivity index (χ2v) is 6.92. The zero-order valence-electron chi connectivity index (χ0n) is 14.8. The number of imide groups is 1. The Kier molecular flexibility index (Phi) is 5.74. The molecule has 1 aliphatic heterocycles. The quantitative estimate of drug-likeness (QED) is 0.433. The lowest BCUT2D eigenvalue weighted by Crippen LogP contribution is -2.38. The van der Waals surface area contributed by atoms with E-state index in [1.807, 2.05) is 0 Å². The van der Waals surface area contributed by atoms with E-state index in [2.05, 4.69) is 21.2 Å². The van der Waals surface area contributed by atoms with Gasteiger partial charge < -0.3 is 10.1 Å². The molecule has 28 heavy (non-hydrogen) atoms. The van der Waals surface area contributed by atoms with Crippen molar-refractivity contribution >= 4 is 51.1 Å². The number of halogens is 1. The molecule has 144 valence electrons. The molecule has 0 spiro atoms. The number of amides is 4. The van der Waals surface area contributed by atoms with Crippen LogP contribution in [0.25, 0.3) is 0 Å². The van der Waals surface area contributed by atoms with Crippen molar-refractivity contribution in [1.82, 2.24) is 4.90 Å². The van der Waals surface area contributed by atoms with Crippen LogP contribution in [0.3, 0.4) is 0 Å². The van der Waals surface area contributed by atoms with Crippen LogP contribution in [0.5, 0.6) is 5.75 Å². The highest BCUT2D eigenvalue weighted by atomic mass is 79.9. The van der Waals surface area contributed by atoms with Crippen molar-refractivity contribution in [3.63, 3.8) is 0 Å². The number of ether oxygens (including phenoxy) is 1. The van der Waals surface area contributed by atoms with E-state index >= 15 is 0 Å². The zero-order valence-corrected chi connectivity index (χ0v) is 16.4. The summed E-state index contributed by atoms with van der Waals surface area (Å²) in [5.41, 5.74) is 1.12. The van der Waals surface area contributed by atoms with Gasteiger partial charge in [0.05, 0.1) is 0 Å². The SMILES string of the molecule is CC(=O)Nc1ccc(OC(=O)CN2C(=O)CN(c3ccc(Br)cc3)C2=O)cc1. The van der Waals surface area contributed by atoms with Crippen LogP contribution >= 0.6 is 15.9 Å². The summed E-state index contributed by atoms with van der Waals surface area (Å²) >= 11 is 3.31. The maximum Gasteiger partial charge on any atom is 0.332 e. The van der Waals surface area contributed by atoms with Crippen LogP contribution in [0.1, 0.15) is 6.92 Å². The molecule has 1 fully saturated rings. The van der Waals surface area contributed by atoms with E-state index in [1.54, 1.807) is 36.4 Å². The molecule has 1 aliphatic rings. The maximum atomic E-state index is 12.5. The first-order valence-corrected chi connectivity index (χ1v) is 9.08. The Balaban J connectivity index is 1.62. The van der Waals surface area contributed by atoms with E-state index in [0.717, 1.165) is 9.37 Å². The number of esters is 1. The molecule has 0 unspecified atom stereocenters. The van der Waals surface area contributed by atoms with Gasteiger partial charge in [0.15, 0.2) is 0 Å². The van der Waals surface area contributed by atoms with Crippen LogP contribution in [-0.4, -0.2) is 41.8 Å². The van der Waals surface area contributed by atoms with Gasteiger partial charge in [-0.2, -0.15) is 0 Å². The third kappa shape index (κ3) is 4.55. The van der Waals surface area contributed by atoms with Crippen LogP contribution in [0.15, 0.2) is 53.0 Å². The molecule has 0 atom stereocenters. The first-order valence-electron chi connectivity index (χ1n) is 8.29. The molecule has 0 bridgehead atoms. The van der Waals surface area contributed by atoms with Crippen molar-refractivity contribution < 1.29 is 23.9 Å². The molecule has 8 nitrogen and oxygen atoms in total. The summed E-state index contributed by atoms with van der Waals surface area (Å²) < 4.78 is 6.01. The fraction of sp³-hybridized carbons (Fsp3) is 0.158. The van der Waals surface area contributed by atoms with Crippen molar-refractivity contribution in [2.75, 3.05) is 23.3 Å². The lowest BCUT2D eigenvalue weighted by atomic mass is 10.3. The Labute approximate surface area is 169 Å². The molecule has 1 heterocycles. The molecule has 9 heteroatoms. The summed E-state index contributed by atoms with van der Waals surface area (Å²) in [6.07, 6.45) is 0.